The predicted molar refractivity (Wildman–Crippen MR) is 126 cm³/mol. The quantitative estimate of drug-likeness (QED) is 0.284. The highest BCUT2D eigenvalue weighted by Gasteiger charge is 2.48. The average molecular weight is 567 g/mol. The molecule has 1 fully saturated rings. The van der Waals surface area contributed by atoms with Crippen LogP contribution < -0.4 is 0 Å². The summed E-state index contributed by atoms with van der Waals surface area (Å²) < 4.78 is 73.1. The van der Waals surface area contributed by atoms with Crippen LogP contribution in [0.5, 0.6) is 0 Å². The van der Waals surface area contributed by atoms with Crippen LogP contribution in [0.3, 0.4) is 0 Å². The molecule has 5 atom stereocenters. The first-order valence-corrected chi connectivity index (χ1v) is 13.3. The maximum atomic E-state index is 13.7. The number of aliphatic hydroxyl groups is 3. The van der Waals surface area contributed by atoms with Crippen molar-refractivity contribution < 1.29 is 41.6 Å². The summed E-state index contributed by atoms with van der Waals surface area (Å²) >= 11 is 0. The number of sulfone groups is 1. The van der Waals surface area contributed by atoms with E-state index in [4.69, 9.17) is 4.74 Å². The van der Waals surface area contributed by atoms with Crippen molar-refractivity contribution in [2.45, 2.75) is 35.4 Å². The van der Waals surface area contributed by atoms with Crippen LogP contribution in [-0.4, -0.2) is 84.7 Å². The Balaban J connectivity index is 1.52. The first kappa shape index (κ1) is 26.9. The number of halogens is 3. The van der Waals surface area contributed by atoms with E-state index in [1.165, 1.54) is 35.3 Å². The van der Waals surface area contributed by atoms with Gasteiger partial charge in [-0.1, -0.05) is 11.3 Å². The van der Waals surface area contributed by atoms with Gasteiger partial charge < -0.3 is 20.1 Å². The monoisotopic (exact) mass is 566 g/mol. The Hall–Kier alpha value is -3.70. The molecule has 3 heterocycles. The van der Waals surface area contributed by atoms with Gasteiger partial charge in [0.2, 0.25) is 0 Å². The second kappa shape index (κ2) is 10.1. The smallest absolute Gasteiger partial charge is 0.194 e. The minimum Gasteiger partial charge on any atom is -0.394 e. The lowest BCUT2D eigenvalue weighted by atomic mass is 9.92. The van der Waals surface area contributed by atoms with Gasteiger partial charge in [-0.25, -0.2) is 26.3 Å². The van der Waals surface area contributed by atoms with Gasteiger partial charge in [-0.3, -0.25) is 4.57 Å². The summed E-state index contributed by atoms with van der Waals surface area (Å²) in [5, 5.41) is 47.6. The van der Waals surface area contributed by atoms with Gasteiger partial charge in [0, 0.05) is 17.5 Å². The van der Waals surface area contributed by atoms with Gasteiger partial charge in [0.05, 0.1) is 17.7 Å². The van der Waals surface area contributed by atoms with Crippen LogP contribution in [0.1, 0.15) is 18.0 Å². The standard InChI is InChI=1S/C23H21F3N6O6S/c1-39(36,37)13-4-2-3-12(7-13)31-10-27-29-23(31)22-21(35)19(20(34)17(9-33)38-22)32-8-16(28-30-32)11-5-14(24)18(26)15(25)6-11/h2-8,10,17,19-22,33-35H,9H2,1H3/t17-,19+,20+,21-,22-/m1/s1. The van der Waals surface area contributed by atoms with Crippen molar-refractivity contribution >= 4 is 9.84 Å². The molecule has 0 spiro atoms. The summed E-state index contributed by atoms with van der Waals surface area (Å²) in [6.07, 6.45) is -2.17. The summed E-state index contributed by atoms with van der Waals surface area (Å²) in [7, 11) is -3.55. The van der Waals surface area contributed by atoms with E-state index in [1.807, 2.05) is 0 Å². The summed E-state index contributed by atoms with van der Waals surface area (Å²) in [6, 6.07) is 6.00. The lowest BCUT2D eigenvalue weighted by molar-refractivity contribution is -0.210. The van der Waals surface area contributed by atoms with Gasteiger partial charge in [-0.2, -0.15) is 0 Å². The largest absolute Gasteiger partial charge is 0.394 e. The first-order valence-electron chi connectivity index (χ1n) is 11.4. The molecule has 1 aliphatic heterocycles. The van der Waals surface area contributed by atoms with Gasteiger partial charge in [-0.05, 0) is 30.3 Å². The number of ether oxygens (including phenoxy) is 1. The molecule has 0 amide bonds. The average Bonchev–Trinajstić information content (AvgIpc) is 3.57. The number of nitrogens with zero attached hydrogens (tertiary/aromatic N) is 6. The van der Waals surface area contributed by atoms with Crippen LogP contribution in [0, 0.1) is 17.5 Å². The van der Waals surface area contributed by atoms with Gasteiger partial charge >= 0.3 is 0 Å². The van der Waals surface area contributed by atoms with Crippen LogP contribution in [-0.2, 0) is 14.6 Å². The van der Waals surface area contributed by atoms with Crippen molar-refractivity contribution in [2.75, 3.05) is 12.9 Å². The van der Waals surface area contributed by atoms with Gasteiger partial charge in [-0.15, -0.1) is 15.3 Å². The Morgan fingerprint density at radius 2 is 1.77 bits per heavy atom. The third-order valence-corrected chi connectivity index (χ3v) is 7.45. The Kier molecular flexibility index (Phi) is 6.98. The molecule has 5 rings (SSSR count). The molecule has 1 saturated heterocycles. The van der Waals surface area contributed by atoms with E-state index in [0.29, 0.717) is 5.69 Å². The SMILES string of the molecule is CS(=O)(=O)c1cccc(-n2cnnc2[C@@H]2O[C@H](CO)[C@H](O)[C@H](n3cc(-c4cc(F)c(F)c(F)c4)nn3)[C@H]2O)c1. The van der Waals surface area contributed by atoms with Crippen LogP contribution in [0.15, 0.2) is 53.8 Å². The maximum absolute atomic E-state index is 13.7. The Morgan fingerprint density at radius 1 is 1.05 bits per heavy atom. The molecule has 12 nitrogen and oxygen atoms in total. The zero-order valence-corrected chi connectivity index (χ0v) is 20.8. The van der Waals surface area contributed by atoms with Crippen LogP contribution in [0.4, 0.5) is 13.2 Å². The number of benzene rings is 2. The molecule has 39 heavy (non-hydrogen) atoms. The second-order valence-electron chi connectivity index (χ2n) is 8.92. The van der Waals surface area contributed by atoms with Crippen LogP contribution in [0.25, 0.3) is 16.9 Å². The number of aliphatic hydroxyl groups excluding tert-OH is 3. The molecule has 0 aliphatic carbocycles. The molecular formula is C23H21F3N6O6S. The zero-order valence-electron chi connectivity index (χ0n) is 20.0. The lowest BCUT2D eigenvalue weighted by Crippen LogP contribution is -2.53. The number of rotatable bonds is 6. The molecule has 0 radical (unpaired) electrons. The number of hydrogen-bond donors (Lipinski definition) is 3. The van der Waals surface area contributed by atoms with Crippen molar-refractivity contribution in [3.8, 4) is 16.9 Å². The first-order chi connectivity index (χ1) is 18.5. The lowest BCUT2D eigenvalue weighted by Gasteiger charge is -2.41. The predicted octanol–water partition coefficient (Wildman–Crippen LogP) is 0.742. The molecule has 16 heteroatoms. The van der Waals surface area contributed by atoms with E-state index in [-0.39, 0.29) is 22.0 Å². The molecule has 1 aliphatic rings. The number of hydrogen-bond acceptors (Lipinski definition) is 10. The molecule has 0 bridgehead atoms. The van der Waals surface area contributed by atoms with E-state index in [1.54, 1.807) is 6.07 Å². The van der Waals surface area contributed by atoms with Gasteiger partial charge in [0.1, 0.15) is 42.5 Å². The fourth-order valence-electron chi connectivity index (χ4n) is 4.39. The highest BCUT2D eigenvalue weighted by molar-refractivity contribution is 7.90. The third kappa shape index (κ3) is 4.92. The Bertz CT molecular complexity index is 1610. The van der Waals surface area contributed by atoms with Crippen molar-refractivity contribution in [3.63, 3.8) is 0 Å². The van der Waals surface area contributed by atoms with E-state index >= 15 is 0 Å². The summed E-state index contributed by atoms with van der Waals surface area (Å²) in [5.41, 5.74) is 0.103. The molecule has 206 valence electrons. The van der Waals surface area contributed by atoms with Crippen molar-refractivity contribution in [1.29, 1.82) is 0 Å². The second-order valence-corrected chi connectivity index (χ2v) is 10.9. The number of aromatic nitrogens is 6. The van der Waals surface area contributed by atoms with Crippen molar-refractivity contribution in [1.82, 2.24) is 29.8 Å². The molecule has 0 saturated carbocycles. The minimum absolute atomic E-state index is 0.0199. The topological polar surface area (TPSA) is 165 Å². The van der Waals surface area contributed by atoms with E-state index in [9.17, 15) is 36.9 Å². The fourth-order valence-corrected chi connectivity index (χ4v) is 5.05. The Labute approximate surface area is 218 Å². The zero-order chi connectivity index (χ0) is 28.1. The fraction of sp³-hybridized carbons (Fsp3) is 0.304. The third-order valence-electron chi connectivity index (χ3n) is 6.34. The molecule has 4 aromatic rings. The molecule has 3 N–H and O–H groups in total. The van der Waals surface area contributed by atoms with E-state index in [2.05, 4.69) is 20.5 Å². The van der Waals surface area contributed by atoms with Crippen molar-refractivity contribution in [3.05, 3.63) is 72.2 Å². The minimum atomic E-state index is -3.55. The highest BCUT2D eigenvalue weighted by Crippen LogP contribution is 2.38. The van der Waals surface area contributed by atoms with Crippen LogP contribution >= 0.6 is 0 Å². The maximum Gasteiger partial charge on any atom is 0.194 e. The highest BCUT2D eigenvalue weighted by atomic mass is 32.2. The van der Waals surface area contributed by atoms with Crippen LogP contribution in [0.2, 0.25) is 0 Å². The summed E-state index contributed by atoms with van der Waals surface area (Å²) in [5.74, 6) is -4.51. The van der Waals surface area contributed by atoms with E-state index in [0.717, 1.165) is 23.1 Å². The van der Waals surface area contributed by atoms with Gasteiger partial charge in [0.15, 0.2) is 33.1 Å². The summed E-state index contributed by atoms with van der Waals surface area (Å²) in [4.78, 5) is 0.0232. The molecule has 2 aromatic carbocycles. The van der Waals surface area contributed by atoms with Gasteiger partial charge in [0.25, 0.3) is 0 Å². The van der Waals surface area contributed by atoms with Crippen molar-refractivity contribution in [2.24, 2.45) is 0 Å². The normalized spacial score (nSPS) is 23.7. The molecular weight excluding hydrogens is 545 g/mol. The molecule has 0 unspecified atom stereocenters. The summed E-state index contributed by atoms with van der Waals surface area (Å²) in [6.45, 7) is -0.672. The molecule has 2 aromatic heterocycles. The van der Waals surface area contributed by atoms with E-state index < -0.39 is 64.4 Å². The Morgan fingerprint density at radius 3 is 2.44 bits per heavy atom.